The molecule has 0 heterocycles. The average molecular weight is 310 g/mol. The normalized spacial score (nSPS) is 18.2. The number of aliphatic hydroxyl groups excluding tert-OH is 1. The summed E-state index contributed by atoms with van der Waals surface area (Å²) in [6.07, 6.45) is 5.69. The van der Waals surface area contributed by atoms with E-state index in [-0.39, 0.29) is 18.6 Å². The number of benzene rings is 1. The molecular formula is C16H20ClNO3. The maximum atomic E-state index is 12.5. The van der Waals surface area contributed by atoms with Gasteiger partial charge in [0.15, 0.2) is 0 Å². The standard InChI is InChI=1S/C16H20ClNO3/c17-15-10-13(21-12-2-1-3-12)6-7-14(15)16(20)18(8-9-19)11-4-5-11/h6-7,10-12,19H,1-5,8-9H2. The van der Waals surface area contributed by atoms with E-state index in [1.165, 1.54) is 6.42 Å². The van der Waals surface area contributed by atoms with Gasteiger partial charge >= 0.3 is 0 Å². The molecule has 0 aromatic heterocycles. The van der Waals surface area contributed by atoms with Crippen LogP contribution in [0.4, 0.5) is 0 Å². The van der Waals surface area contributed by atoms with Gasteiger partial charge in [0, 0.05) is 12.6 Å². The number of nitrogens with zero attached hydrogens (tertiary/aromatic N) is 1. The monoisotopic (exact) mass is 309 g/mol. The van der Waals surface area contributed by atoms with Crippen LogP contribution in [0.15, 0.2) is 18.2 Å². The van der Waals surface area contributed by atoms with E-state index in [9.17, 15) is 4.79 Å². The summed E-state index contributed by atoms with van der Waals surface area (Å²) in [7, 11) is 0. The number of rotatable bonds is 6. The second kappa shape index (κ2) is 6.24. The number of halogens is 1. The van der Waals surface area contributed by atoms with Gasteiger partial charge in [-0.3, -0.25) is 4.79 Å². The lowest BCUT2D eigenvalue weighted by Gasteiger charge is -2.27. The molecule has 0 saturated heterocycles. The Morgan fingerprint density at radius 3 is 2.62 bits per heavy atom. The Kier molecular flexibility index (Phi) is 4.36. The second-order valence-electron chi connectivity index (χ2n) is 5.77. The average Bonchev–Trinajstić information content (AvgIpc) is 3.24. The van der Waals surface area contributed by atoms with E-state index in [2.05, 4.69) is 0 Å². The van der Waals surface area contributed by atoms with Gasteiger partial charge in [-0.25, -0.2) is 0 Å². The van der Waals surface area contributed by atoms with Crippen LogP contribution >= 0.6 is 11.6 Å². The first-order chi connectivity index (χ1) is 10.2. The zero-order valence-corrected chi connectivity index (χ0v) is 12.7. The maximum absolute atomic E-state index is 12.5. The molecule has 114 valence electrons. The van der Waals surface area contributed by atoms with Crippen LogP contribution in [0, 0.1) is 0 Å². The lowest BCUT2D eigenvalue weighted by atomic mass is 9.96. The van der Waals surface area contributed by atoms with Crippen LogP contribution in [0.2, 0.25) is 5.02 Å². The van der Waals surface area contributed by atoms with Crippen LogP contribution in [-0.4, -0.2) is 41.2 Å². The van der Waals surface area contributed by atoms with E-state index in [4.69, 9.17) is 21.4 Å². The first-order valence-electron chi connectivity index (χ1n) is 7.57. The molecule has 0 unspecified atom stereocenters. The fourth-order valence-corrected chi connectivity index (χ4v) is 2.77. The highest BCUT2D eigenvalue weighted by molar-refractivity contribution is 6.34. The molecule has 2 fully saturated rings. The van der Waals surface area contributed by atoms with Crippen LogP contribution < -0.4 is 4.74 Å². The van der Waals surface area contributed by atoms with E-state index in [0.29, 0.717) is 23.2 Å². The Balaban J connectivity index is 1.72. The summed E-state index contributed by atoms with van der Waals surface area (Å²) in [5.74, 6) is 0.619. The zero-order valence-electron chi connectivity index (χ0n) is 11.9. The van der Waals surface area contributed by atoms with Crippen molar-refractivity contribution in [1.82, 2.24) is 4.90 Å². The van der Waals surface area contributed by atoms with Gasteiger partial charge in [-0.05, 0) is 50.3 Å². The predicted molar refractivity (Wildman–Crippen MR) is 80.9 cm³/mol. The number of hydrogen-bond acceptors (Lipinski definition) is 3. The van der Waals surface area contributed by atoms with Gasteiger partial charge < -0.3 is 14.7 Å². The van der Waals surface area contributed by atoms with Gasteiger partial charge in [-0.2, -0.15) is 0 Å². The molecule has 0 radical (unpaired) electrons. The van der Waals surface area contributed by atoms with Crippen molar-refractivity contribution in [3.8, 4) is 5.75 Å². The fourth-order valence-electron chi connectivity index (χ4n) is 2.52. The maximum Gasteiger partial charge on any atom is 0.255 e. The molecule has 2 aliphatic rings. The molecule has 21 heavy (non-hydrogen) atoms. The Morgan fingerprint density at radius 1 is 1.33 bits per heavy atom. The summed E-state index contributed by atoms with van der Waals surface area (Å²) < 4.78 is 5.78. The molecule has 2 saturated carbocycles. The van der Waals surface area contributed by atoms with Gasteiger partial charge in [0.1, 0.15) is 5.75 Å². The van der Waals surface area contributed by atoms with Crippen LogP contribution in [0.1, 0.15) is 42.5 Å². The number of carbonyl (C=O) groups excluding carboxylic acids is 1. The molecule has 4 nitrogen and oxygen atoms in total. The highest BCUT2D eigenvalue weighted by Gasteiger charge is 2.33. The Hall–Kier alpha value is -1.26. The third-order valence-electron chi connectivity index (χ3n) is 4.12. The molecule has 1 aromatic carbocycles. The Labute approximate surface area is 129 Å². The topological polar surface area (TPSA) is 49.8 Å². The molecule has 0 atom stereocenters. The summed E-state index contributed by atoms with van der Waals surface area (Å²) in [6, 6.07) is 5.51. The SMILES string of the molecule is O=C(c1ccc(OC2CCC2)cc1Cl)N(CCO)C1CC1. The largest absolute Gasteiger partial charge is 0.490 e. The lowest BCUT2D eigenvalue weighted by molar-refractivity contribution is 0.0707. The van der Waals surface area contributed by atoms with Gasteiger partial charge in [-0.1, -0.05) is 11.6 Å². The van der Waals surface area contributed by atoms with Gasteiger partial charge in [0.2, 0.25) is 0 Å². The van der Waals surface area contributed by atoms with Crippen molar-refractivity contribution < 1.29 is 14.6 Å². The molecular weight excluding hydrogens is 290 g/mol. The highest BCUT2D eigenvalue weighted by Crippen LogP contribution is 2.32. The van der Waals surface area contributed by atoms with Crippen molar-refractivity contribution >= 4 is 17.5 Å². The molecule has 1 amide bonds. The molecule has 0 spiro atoms. The molecule has 1 aromatic rings. The summed E-state index contributed by atoms with van der Waals surface area (Å²) in [5, 5.41) is 9.53. The Bertz CT molecular complexity index is 526. The lowest BCUT2D eigenvalue weighted by Crippen LogP contribution is -2.35. The van der Waals surface area contributed by atoms with Crippen molar-refractivity contribution in [3.63, 3.8) is 0 Å². The van der Waals surface area contributed by atoms with E-state index in [1.54, 1.807) is 17.0 Å². The molecule has 0 aliphatic heterocycles. The van der Waals surface area contributed by atoms with E-state index >= 15 is 0 Å². The van der Waals surface area contributed by atoms with Gasteiger partial charge in [-0.15, -0.1) is 0 Å². The summed E-state index contributed by atoms with van der Waals surface area (Å²) in [5.41, 5.74) is 0.484. The number of hydrogen-bond donors (Lipinski definition) is 1. The fraction of sp³-hybridized carbons (Fsp3) is 0.562. The molecule has 2 aliphatic carbocycles. The van der Waals surface area contributed by atoms with Crippen molar-refractivity contribution in [2.75, 3.05) is 13.2 Å². The minimum atomic E-state index is -0.105. The molecule has 1 N–H and O–H groups in total. The number of amides is 1. The quantitative estimate of drug-likeness (QED) is 0.879. The van der Waals surface area contributed by atoms with Crippen LogP contribution in [0.5, 0.6) is 5.75 Å². The smallest absolute Gasteiger partial charge is 0.255 e. The zero-order chi connectivity index (χ0) is 14.8. The van der Waals surface area contributed by atoms with Crippen molar-refractivity contribution in [1.29, 1.82) is 0 Å². The van der Waals surface area contributed by atoms with Crippen molar-refractivity contribution in [2.45, 2.75) is 44.2 Å². The summed E-state index contributed by atoms with van der Waals surface area (Å²) >= 11 is 6.25. The molecule has 0 bridgehead atoms. The minimum Gasteiger partial charge on any atom is -0.490 e. The summed E-state index contributed by atoms with van der Waals surface area (Å²) in [6.45, 7) is 0.336. The van der Waals surface area contributed by atoms with E-state index in [0.717, 1.165) is 31.4 Å². The molecule has 5 heteroatoms. The third-order valence-corrected chi connectivity index (χ3v) is 4.43. The predicted octanol–water partition coefficient (Wildman–Crippen LogP) is 2.87. The second-order valence-corrected chi connectivity index (χ2v) is 6.17. The van der Waals surface area contributed by atoms with Crippen LogP contribution in [-0.2, 0) is 0 Å². The highest BCUT2D eigenvalue weighted by atomic mass is 35.5. The summed E-state index contributed by atoms with van der Waals surface area (Å²) in [4.78, 5) is 14.2. The van der Waals surface area contributed by atoms with E-state index in [1.807, 2.05) is 6.07 Å². The van der Waals surface area contributed by atoms with Gasteiger partial charge in [0.05, 0.1) is 23.3 Å². The first-order valence-corrected chi connectivity index (χ1v) is 7.95. The van der Waals surface area contributed by atoms with E-state index < -0.39 is 0 Å². The number of ether oxygens (including phenoxy) is 1. The number of aliphatic hydroxyl groups is 1. The molecule has 3 rings (SSSR count). The first kappa shape index (κ1) is 14.7. The number of carbonyl (C=O) groups is 1. The van der Waals surface area contributed by atoms with Crippen molar-refractivity contribution in [2.24, 2.45) is 0 Å². The van der Waals surface area contributed by atoms with Crippen molar-refractivity contribution in [3.05, 3.63) is 28.8 Å². The van der Waals surface area contributed by atoms with Crippen LogP contribution in [0.25, 0.3) is 0 Å². The third kappa shape index (κ3) is 3.33. The Morgan fingerprint density at radius 2 is 2.10 bits per heavy atom. The minimum absolute atomic E-state index is 0.0251. The van der Waals surface area contributed by atoms with Gasteiger partial charge in [0.25, 0.3) is 5.91 Å². The van der Waals surface area contributed by atoms with Crippen LogP contribution in [0.3, 0.4) is 0 Å².